The normalized spacial score (nSPS) is 21.9. The maximum Gasteiger partial charge on any atom is 0.410 e. The minimum atomic E-state index is -0.889. The van der Waals surface area contributed by atoms with Crippen LogP contribution >= 0.6 is 0 Å². The van der Waals surface area contributed by atoms with Gasteiger partial charge in [-0.05, 0) is 58.8 Å². The van der Waals surface area contributed by atoms with Crippen molar-refractivity contribution in [2.75, 3.05) is 6.54 Å². The molecule has 1 unspecified atom stereocenters. The number of hydrogen-bond acceptors (Lipinski definition) is 5. The Morgan fingerprint density at radius 3 is 2.20 bits per heavy atom. The van der Waals surface area contributed by atoms with Gasteiger partial charge in [-0.2, -0.15) is 0 Å². The number of rotatable bonds is 7. The summed E-state index contributed by atoms with van der Waals surface area (Å²) in [6, 6.07) is 0. The number of amides is 1. The molecular weight excluding hydrogens is 326 g/mol. The van der Waals surface area contributed by atoms with E-state index in [0.717, 1.165) is 12.8 Å². The van der Waals surface area contributed by atoms with Crippen LogP contribution in [-0.4, -0.2) is 36.0 Å². The van der Waals surface area contributed by atoms with Gasteiger partial charge < -0.3 is 19.9 Å². The topological polar surface area (TPSA) is 102 Å². The summed E-state index contributed by atoms with van der Waals surface area (Å²) >= 11 is 0. The summed E-state index contributed by atoms with van der Waals surface area (Å²) in [6.45, 7) is 7.58. The van der Waals surface area contributed by atoms with Crippen LogP contribution in [0.3, 0.4) is 0 Å². The van der Waals surface area contributed by atoms with E-state index < -0.39 is 29.7 Å². The van der Waals surface area contributed by atoms with E-state index in [1.165, 1.54) is 0 Å². The van der Waals surface area contributed by atoms with Crippen molar-refractivity contribution < 1.29 is 29.0 Å². The van der Waals surface area contributed by atoms with Gasteiger partial charge in [-0.1, -0.05) is 6.92 Å². The number of nitrogens with one attached hydrogen (secondary N) is 1. The van der Waals surface area contributed by atoms with E-state index in [1.54, 1.807) is 20.8 Å². The van der Waals surface area contributed by atoms with Crippen molar-refractivity contribution in [1.29, 1.82) is 0 Å². The summed E-state index contributed by atoms with van der Waals surface area (Å²) in [7, 11) is 0. The van der Waals surface area contributed by atoms with Crippen LogP contribution < -0.4 is 5.32 Å². The van der Waals surface area contributed by atoms with Crippen molar-refractivity contribution in [3.63, 3.8) is 0 Å². The van der Waals surface area contributed by atoms with E-state index in [9.17, 15) is 14.4 Å². The van der Waals surface area contributed by atoms with Crippen molar-refractivity contribution in [2.45, 2.75) is 72.5 Å². The van der Waals surface area contributed by atoms with Gasteiger partial charge >= 0.3 is 18.0 Å². The Morgan fingerprint density at radius 2 is 1.72 bits per heavy atom. The van der Waals surface area contributed by atoms with Gasteiger partial charge in [0.2, 0.25) is 6.29 Å². The first-order chi connectivity index (χ1) is 11.6. The Hall–Kier alpha value is -1.79. The van der Waals surface area contributed by atoms with Crippen LogP contribution in [0, 0.1) is 17.3 Å². The lowest BCUT2D eigenvalue weighted by Crippen LogP contribution is -2.37. The minimum Gasteiger partial charge on any atom is -0.481 e. The zero-order chi connectivity index (χ0) is 19.0. The second-order valence-corrected chi connectivity index (χ2v) is 7.72. The third-order valence-corrected chi connectivity index (χ3v) is 4.34. The fraction of sp³-hybridized carbons (Fsp3) is 0.833. The summed E-state index contributed by atoms with van der Waals surface area (Å²) in [5.74, 6) is -1.17. The van der Waals surface area contributed by atoms with Gasteiger partial charge in [0.25, 0.3) is 0 Å². The zero-order valence-electron chi connectivity index (χ0n) is 15.7. The summed E-state index contributed by atoms with van der Waals surface area (Å²) in [4.78, 5) is 34.8. The lowest BCUT2D eigenvalue weighted by molar-refractivity contribution is -0.178. The number of aliphatic carboxylic acids is 1. The van der Waals surface area contributed by atoms with Crippen molar-refractivity contribution in [3.8, 4) is 0 Å². The molecule has 1 aliphatic rings. The van der Waals surface area contributed by atoms with E-state index in [0.29, 0.717) is 32.2 Å². The molecule has 0 aromatic carbocycles. The maximum atomic E-state index is 12.0. The van der Waals surface area contributed by atoms with Crippen molar-refractivity contribution in [1.82, 2.24) is 5.32 Å². The van der Waals surface area contributed by atoms with E-state index in [4.69, 9.17) is 14.6 Å². The van der Waals surface area contributed by atoms with Crippen molar-refractivity contribution in [3.05, 3.63) is 0 Å². The van der Waals surface area contributed by atoms with Gasteiger partial charge in [-0.15, -0.1) is 0 Å². The number of carboxylic acid groups (broad SMARTS) is 1. The van der Waals surface area contributed by atoms with E-state index in [-0.39, 0.29) is 11.8 Å². The zero-order valence-corrected chi connectivity index (χ0v) is 15.7. The lowest BCUT2D eigenvalue weighted by Gasteiger charge is -2.26. The average Bonchev–Trinajstić information content (AvgIpc) is 2.52. The number of hydrogen-bond donors (Lipinski definition) is 2. The molecule has 25 heavy (non-hydrogen) atoms. The molecule has 0 saturated heterocycles. The standard InChI is InChI=1S/C18H31NO6/c1-5-6-14(24-16(22)18(2,3)4)25-17(23)19-11-12-7-9-13(10-8-12)15(20)21/h12-14H,5-11H2,1-4H3,(H,19,23)(H,20,21). The molecule has 144 valence electrons. The molecule has 0 spiro atoms. The van der Waals surface area contributed by atoms with Crippen LogP contribution in [0.15, 0.2) is 0 Å². The van der Waals surface area contributed by atoms with Crippen LogP contribution in [0.5, 0.6) is 0 Å². The fourth-order valence-electron chi connectivity index (χ4n) is 2.68. The molecule has 7 nitrogen and oxygen atoms in total. The van der Waals surface area contributed by atoms with Gasteiger partial charge in [-0.25, -0.2) is 4.79 Å². The van der Waals surface area contributed by atoms with Crippen molar-refractivity contribution >= 4 is 18.0 Å². The summed E-state index contributed by atoms with van der Waals surface area (Å²) < 4.78 is 10.5. The second kappa shape index (κ2) is 9.63. The Balaban J connectivity index is 2.38. The van der Waals surface area contributed by atoms with Gasteiger partial charge in [0.1, 0.15) is 0 Å². The first-order valence-electron chi connectivity index (χ1n) is 9.01. The first-order valence-corrected chi connectivity index (χ1v) is 9.01. The number of carbonyl (C=O) groups is 3. The number of carbonyl (C=O) groups excluding carboxylic acids is 2. The molecule has 1 saturated carbocycles. The lowest BCUT2D eigenvalue weighted by atomic mass is 9.82. The molecule has 2 N–H and O–H groups in total. The summed E-state index contributed by atoms with van der Waals surface area (Å²) in [5.41, 5.74) is -0.658. The molecule has 0 aliphatic heterocycles. The van der Waals surface area contributed by atoms with Gasteiger partial charge in [0.15, 0.2) is 0 Å². The van der Waals surface area contributed by atoms with Gasteiger partial charge in [0.05, 0.1) is 11.3 Å². The molecule has 1 amide bonds. The monoisotopic (exact) mass is 357 g/mol. The number of esters is 1. The van der Waals surface area contributed by atoms with E-state index in [2.05, 4.69) is 5.32 Å². The molecule has 1 fully saturated rings. The molecular formula is C18H31NO6. The molecule has 0 aromatic heterocycles. The number of alkyl carbamates (subject to hydrolysis) is 1. The molecule has 1 aliphatic carbocycles. The Morgan fingerprint density at radius 1 is 1.12 bits per heavy atom. The van der Waals surface area contributed by atoms with E-state index in [1.807, 2.05) is 6.92 Å². The largest absolute Gasteiger partial charge is 0.481 e. The molecule has 0 bridgehead atoms. The van der Waals surface area contributed by atoms with Gasteiger partial charge in [0, 0.05) is 13.0 Å². The highest BCUT2D eigenvalue weighted by Gasteiger charge is 2.29. The predicted octanol–water partition coefficient (Wildman–Crippen LogP) is 3.32. The average molecular weight is 357 g/mol. The highest BCUT2D eigenvalue weighted by molar-refractivity contribution is 5.75. The molecule has 0 heterocycles. The Labute approximate surface area is 149 Å². The maximum absolute atomic E-state index is 12.0. The van der Waals surface area contributed by atoms with Gasteiger partial charge in [-0.3, -0.25) is 9.59 Å². The molecule has 0 radical (unpaired) electrons. The van der Waals surface area contributed by atoms with Crippen molar-refractivity contribution in [2.24, 2.45) is 17.3 Å². The predicted molar refractivity (Wildman–Crippen MR) is 91.8 cm³/mol. The molecule has 7 heteroatoms. The molecule has 1 rings (SSSR count). The quantitative estimate of drug-likeness (QED) is 0.535. The summed E-state index contributed by atoms with van der Waals surface area (Å²) in [5, 5.41) is 11.7. The Kier molecular flexibility index (Phi) is 8.19. The SMILES string of the molecule is CCCC(OC(=O)NCC1CCC(C(=O)O)CC1)OC(=O)C(C)(C)C. The van der Waals surface area contributed by atoms with Crippen LogP contribution in [0.1, 0.15) is 66.2 Å². The van der Waals surface area contributed by atoms with Crippen LogP contribution in [0.4, 0.5) is 4.79 Å². The minimum absolute atomic E-state index is 0.255. The summed E-state index contributed by atoms with van der Waals surface area (Å²) in [6.07, 6.45) is 2.48. The fourth-order valence-corrected chi connectivity index (χ4v) is 2.68. The smallest absolute Gasteiger partial charge is 0.410 e. The number of carboxylic acids is 1. The number of ether oxygens (including phenoxy) is 2. The van der Waals surface area contributed by atoms with Crippen LogP contribution in [0.2, 0.25) is 0 Å². The third kappa shape index (κ3) is 7.75. The molecule has 0 aromatic rings. The third-order valence-electron chi connectivity index (χ3n) is 4.34. The first kappa shape index (κ1) is 21.3. The highest BCUT2D eigenvalue weighted by Crippen LogP contribution is 2.28. The molecule has 1 atom stereocenters. The van der Waals surface area contributed by atoms with E-state index >= 15 is 0 Å². The second-order valence-electron chi connectivity index (χ2n) is 7.72. The van der Waals surface area contributed by atoms with Crippen LogP contribution in [-0.2, 0) is 19.1 Å². The Bertz CT molecular complexity index is 463. The van der Waals surface area contributed by atoms with Crippen LogP contribution in [0.25, 0.3) is 0 Å². The highest BCUT2D eigenvalue weighted by atomic mass is 16.7.